The van der Waals surface area contributed by atoms with Gasteiger partial charge in [0, 0.05) is 13.0 Å². The van der Waals surface area contributed by atoms with E-state index in [1.54, 1.807) is 46.4 Å². The van der Waals surface area contributed by atoms with Crippen molar-refractivity contribution in [1.29, 1.82) is 0 Å². The van der Waals surface area contributed by atoms with Crippen LogP contribution in [0.25, 0.3) is 0 Å². The van der Waals surface area contributed by atoms with Crippen LogP contribution in [0.2, 0.25) is 0 Å². The summed E-state index contributed by atoms with van der Waals surface area (Å²) in [7, 11) is 0. The van der Waals surface area contributed by atoms with Gasteiger partial charge in [-0.15, -0.1) is 0 Å². The summed E-state index contributed by atoms with van der Waals surface area (Å²) in [6, 6.07) is 12.1. The number of aryl methyl sites for hydroxylation is 2. The minimum absolute atomic E-state index is 0.0585. The predicted molar refractivity (Wildman–Crippen MR) is 186 cm³/mol. The molecule has 3 atom stereocenters. The number of esters is 1. The summed E-state index contributed by atoms with van der Waals surface area (Å²) in [5.74, 6) is -1.41. The Morgan fingerprint density at radius 1 is 0.809 bits per heavy atom. The number of hydrogen-bond acceptors (Lipinski definition) is 6. The van der Waals surface area contributed by atoms with Gasteiger partial charge < -0.3 is 25.0 Å². The molecular weight excluding hydrogens is 594 g/mol. The summed E-state index contributed by atoms with van der Waals surface area (Å²) in [5, 5.41) is 5.75. The molecule has 0 heterocycles. The third-order valence-corrected chi connectivity index (χ3v) is 7.43. The Balaban J connectivity index is 2.64. The van der Waals surface area contributed by atoms with Gasteiger partial charge in [-0.2, -0.15) is 0 Å². The minimum Gasteiger partial charge on any atom is -0.458 e. The van der Waals surface area contributed by atoms with Crippen molar-refractivity contribution >= 4 is 23.9 Å². The lowest BCUT2D eigenvalue weighted by Gasteiger charge is -2.36. The number of benzene rings is 2. The molecule has 0 fully saturated rings. The van der Waals surface area contributed by atoms with Crippen LogP contribution < -0.4 is 10.6 Å². The lowest BCUT2D eigenvalue weighted by molar-refractivity contribution is -0.159. The fourth-order valence-corrected chi connectivity index (χ4v) is 5.11. The lowest BCUT2D eigenvalue weighted by Crippen LogP contribution is -2.55. The van der Waals surface area contributed by atoms with E-state index in [1.165, 1.54) is 0 Å². The molecule has 0 aliphatic heterocycles. The van der Waals surface area contributed by atoms with Crippen LogP contribution in [-0.4, -0.2) is 58.6 Å². The Labute approximate surface area is 282 Å². The second kappa shape index (κ2) is 17.3. The molecule has 3 unspecified atom stereocenters. The van der Waals surface area contributed by atoms with E-state index in [4.69, 9.17) is 9.47 Å². The molecule has 2 rings (SSSR count). The number of hydrogen-bond donors (Lipinski definition) is 2. The largest absolute Gasteiger partial charge is 0.458 e. The number of carbonyl (C=O) groups excluding carboxylic acids is 4. The van der Waals surface area contributed by atoms with Gasteiger partial charge in [0.25, 0.3) is 0 Å². The first kappa shape index (κ1) is 39.3. The first-order chi connectivity index (χ1) is 21.8. The van der Waals surface area contributed by atoms with Crippen molar-refractivity contribution in [2.24, 2.45) is 5.92 Å². The fraction of sp³-hybridized carbons (Fsp3) is 0.579. The van der Waals surface area contributed by atoms with Crippen LogP contribution in [0.3, 0.4) is 0 Å². The summed E-state index contributed by atoms with van der Waals surface area (Å²) in [4.78, 5) is 57.1. The molecule has 2 aromatic rings. The molecule has 260 valence electrons. The van der Waals surface area contributed by atoms with Gasteiger partial charge in [-0.1, -0.05) is 75.7 Å². The molecule has 47 heavy (non-hydrogen) atoms. The Hall–Kier alpha value is -3.88. The average Bonchev–Trinajstić information content (AvgIpc) is 2.94. The van der Waals surface area contributed by atoms with Crippen molar-refractivity contribution in [2.75, 3.05) is 6.54 Å². The molecule has 0 aromatic heterocycles. The zero-order valence-electron chi connectivity index (χ0n) is 30.4. The van der Waals surface area contributed by atoms with Crippen LogP contribution >= 0.6 is 0 Å². The molecule has 2 N–H and O–H groups in total. The van der Waals surface area contributed by atoms with Crippen molar-refractivity contribution in [3.8, 4) is 0 Å². The first-order valence-electron chi connectivity index (χ1n) is 16.8. The van der Waals surface area contributed by atoms with Gasteiger partial charge in [-0.3, -0.25) is 9.59 Å². The molecule has 0 saturated heterocycles. The van der Waals surface area contributed by atoms with Crippen molar-refractivity contribution in [1.82, 2.24) is 15.5 Å². The van der Waals surface area contributed by atoms with E-state index in [1.807, 2.05) is 83.1 Å². The van der Waals surface area contributed by atoms with Gasteiger partial charge in [0.1, 0.15) is 29.3 Å². The van der Waals surface area contributed by atoms with Crippen molar-refractivity contribution in [3.63, 3.8) is 0 Å². The van der Waals surface area contributed by atoms with Crippen molar-refractivity contribution in [3.05, 3.63) is 70.8 Å². The van der Waals surface area contributed by atoms with Gasteiger partial charge in [-0.25, -0.2) is 9.59 Å². The summed E-state index contributed by atoms with van der Waals surface area (Å²) in [6.45, 7) is 20.8. The van der Waals surface area contributed by atoms with Gasteiger partial charge >= 0.3 is 12.1 Å². The number of ether oxygens (including phenoxy) is 2. The van der Waals surface area contributed by atoms with Crippen LogP contribution in [0.5, 0.6) is 0 Å². The highest BCUT2D eigenvalue weighted by molar-refractivity contribution is 5.94. The molecule has 0 saturated carbocycles. The summed E-state index contributed by atoms with van der Waals surface area (Å²) in [5.41, 5.74) is 1.93. The first-order valence-corrected chi connectivity index (χ1v) is 16.8. The van der Waals surface area contributed by atoms with Gasteiger partial charge in [0.2, 0.25) is 11.8 Å². The van der Waals surface area contributed by atoms with Gasteiger partial charge in [-0.05, 0) is 96.4 Å². The molecule has 0 bridgehead atoms. The second-order valence-corrected chi connectivity index (χ2v) is 14.7. The quantitative estimate of drug-likeness (QED) is 0.213. The van der Waals surface area contributed by atoms with Gasteiger partial charge in [0.05, 0.1) is 0 Å². The van der Waals surface area contributed by atoms with E-state index in [0.29, 0.717) is 18.4 Å². The maximum absolute atomic E-state index is 14.5. The summed E-state index contributed by atoms with van der Waals surface area (Å²) in [6.07, 6.45) is 1.25. The summed E-state index contributed by atoms with van der Waals surface area (Å²) >= 11 is 0. The molecule has 2 aromatic carbocycles. The van der Waals surface area contributed by atoms with Crippen LogP contribution in [0.1, 0.15) is 110 Å². The van der Waals surface area contributed by atoms with E-state index >= 15 is 0 Å². The highest BCUT2D eigenvalue weighted by Gasteiger charge is 2.38. The minimum atomic E-state index is -1.08. The van der Waals surface area contributed by atoms with Crippen LogP contribution in [0, 0.1) is 19.8 Å². The predicted octanol–water partition coefficient (Wildman–Crippen LogP) is 6.98. The number of rotatable bonds is 14. The topological polar surface area (TPSA) is 114 Å². The Kier molecular flexibility index (Phi) is 14.5. The highest BCUT2D eigenvalue weighted by atomic mass is 16.6. The Morgan fingerprint density at radius 2 is 1.43 bits per heavy atom. The smallest absolute Gasteiger partial charge is 0.408 e. The molecule has 3 amide bonds. The molecular formula is C38H57N3O6. The zero-order valence-corrected chi connectivity index (χ0v) is 30.4. The molecule has 9 heteroatoms. The fourth-order valence-electron chi connectivity index (χ4n) is 5.11. The van der Waals surface area contributed by atoms with Gasteiger partial charge in [0.15, 0.2) is 0 Å². The number of carbonyl (C=O) groups is 4. The third-order valence-electron chi connectivity index (χ3n) is 7.43. The number of amides is 3. The standard InChI is InChI=1S/C38H57N3O6/c1-12-13-21-41(34(43)30(22-25(2)3)40-36(45)47-38(9,10)11)32(29-20-19-26(4)27(5)23-29)33(42)39-31(35(44)46-37(6,7)8)24-28-17-15-14-16-18-28/h14-20,23,25,30-32H,12-13,21-22,24H2,1-11H3,(H,39,42)(H,40,45). The zero-order chi connectivity index (χ0) is 35.5. The van der Waals surface area contributed by atoms with E-state index in [-0.39, 0.29) is 18.9 Å². The average molecular weight is 652 g/mol. The number of alkyl carbamates (subject to hydrolysis) is 1. The molecule has 0 spiro atoms. The SMILES string of the molecule is CCCCN(C(=O)C(CC(C)C)NC(=O)OC(C)(C)C)C(C(=O)NC(Cc1ccccc1)C(=O)OC(C)(C)C)c1ccc(C)c(C)c1. The monoisotopic (exact) mass is 651 g/mol. The van der Waals surface area contributed by atoms with E-state index in [9.17, 15) is 19.2 Å². The maximum Gasteiger partial charge on any atom is 0.408 e. The normalized spacial score (nSPS) is 13.7. The molecule has 9 nitrogen and oxygen atoms in total. The van der Waals surface area contributed by atoms with E-state index in [0.717, 1.165) is 23.1 Å². The Morgan fingerprint density at radius 3 is 1.96 bits per heavy atom. The molecule has 0 aliphatic carbocycles. The lowest BCUT2D eigenvalue weighted by atomic mass is 9.96. The molecule has 0 aliphatic rings. The van der Waals surface area contributed by atoms with Crippen molar-refractivity contribution in [2.45, 2.75) is 131 Å². The third kappa shape index (κ3) is 13.4. The van der Waals surface area contributed by atoms with E-state index < -0.39 is 53.2 Å². The van der Waals surface area contributed by atoms with Crippen LogP contribution in [-0.2, 0) is 30.3 Å². The van der Waals surface area contributed by atoms with E-state index in [2.05, 4.69) is 10.6 Å². The number of nitrogens with zero attached hydrogens (tertiary/aromatic N) is 1. The molecule has 0 radical (unpaired) electrons. The maximum atomic E-state index is 14.5. The van der Waals surface area contributed by atoms with Crippen molar-refractivity contribution < 1.29 is 28.7 Å². The number of unbranched alkanes of at least 4 members (excludes halogenated alkanes) is 1. The Bertz CT molecular complexity index is 1340. The summed E-state index contributed by atoms with van der Waals surface area (Å²) < 4.78 is 11.2. The number of nitrogens with one attached hydrogen (secondary N) is 2. The second-order valence-electron chi connectivity index (χ2n) is 14.7. The highest BCUT2D eigenvalue weighted by Crippen LogP contribution is 2.27. The van der Waals surface area contributed by atoms with Crippen LogP contribution in [0.15, 0.2) is 48.5 Å². The van der Waals surface area contributed by atoms with Crippen LogP contribution in [0.4, 0.5) is 4.79 Å².